The summed E-state index contributed by atoms with van der Waals surface area (Å²) in [6, 6.07) is 8.43. The van der Waals surface area contributed by atoms with E-state index in [0.717, 1.165) is 10.6 Å². The normalized spacial score (nSPS) is 16.0. The molecule has 0 unspecified atom stereocenters. The van der Waals surface area contributed by atoms with Crippen molar-refractivity contribution in [3.05, 3.63) is 45.6 Å². The van der Waals surface area contributed by atoms with Gasteiger partial charge in [-0.05, 0) is 48.5 Å². The highest BCUT2D eigenvalue weighted by Crippen LogP contribution is 2.42. The van der Waals surface area contributed by atoms with E-state index in [1.165, 1.54) is 30.0 Å². The van der Waals surface area contributed by atoms with Gasteiger partial charge in [0.1, 0.15) is 0 Å². The van der Waals surface area contributed by atoms with Crippen LogP contribution in [0.5, 0.6) is 0 Å². The van der Waals surface area contributed by atoms with Crippen LogP contribution in [0.3, 0.4) is 0 Å². The summed E-state index contributed by atoms with van der Waals surface area (Å²) in [5.74, 6) is -1.10. The number of carbonyl (C=O) groups is 3. The van der Waals surface area contributed by atoms with Crippen LogP contribution in [0.1, 0.15) is 31.8 Å². The van der Waals surface area contributed by atoms with Crippen LogP contribution in [-0.2, 0) is 26.0 Å². The Kier molecular flexibility index (Phi) is 6.35. The zero-order valence-corrected chi connectivity index (χ0v) is 19.4. The van der Waals surface area contributed by atoms with E-state index in [4.69, 9.17) is 4.74 Å². The van der Waals surface area contributed by atoms with Gasteiger partial charge in [0, 0.05) is 29.8 Å². The number of amides is 1. The van der Waals surface area contributed by atoms with Crippen molar-refractivity contribution in [3.8, 4) is 0 Å². The summed E-state index contributed by atoms with van der Waals surface area (Å²) < 4.78 is 32.4. The van der Waals surface area contributed by atoms with E-state index in [0.29, 0.717) is 34.5 Å². The summed E-state index contributed by atoms with van der Waals surface area (Å²) in [4.78, 5) is 39.7. The summed E-state index contributed by atoms with van der Waals surface area (Å²) in [7, 11) is -3.45. The molecule has 2 aliphatic heterocycles. The lowest BCUT2D eigenvalue weighted by Gasteiger charge is -2.22. The topological polar surface area (TPSA) is 122 Å². The molecule has 1 amide bonds. The first-order chi connectivity index (χ1) is 15.2. The first-order valence-electron chi connectivity index (χ1n) is 9.67. The predicted molar refractivity (Wildman–Crippen MR) is 122 cm³/mol. The Morgan fingerprint density at radius 1 is 1.22 bits per heavy atom. The number of fused-ring (bicyclic) bond motifs is 3. The van der Waals surface area contributed by atoms with Gasteiger partial charge in [-0.25, -0.2) is 13.2 Å². The molecule has 32 heavy (non-hydrogen) atoms. The third kappa shape index (κ3) is 5.03. The number of thioether (sulfide) groups is 1. The number of nitrogens with one attached hydrogen (secondary N) is 1. The lowest BCUT2D eigenvalue weighted by molar-refractivity contribution is -0.118. The molecular formula is C20H19N3O6S3. The zero-order valence-electron chi connectivity index (χ0n) is 17.0. The van der Waals surface area contributed by atoms with E-state index in [1.807, 2.05) is 6.07 Å². The van der Waals surface area contributed by atoms with Crippen molar-refractivity contribution >= 4 is 61.6 Å². The number of hydrogen-bond donors (Lipinski definition) is 1. The number of carbonyl (C=O) groups excluding carboxylic acids is 3. The number of nitrogens with zero attached hydrogens (tertiary/aromatic N) is 2. The number of anilines is 1. The predicted octanol–water partition coefficient (Wildman–Crippen LogP) is 2.08. The van der Waals surface area contributed by atoms with Gasteiger partial charge in [0.25, 0.3) is 10.0 Å². The van der Waals surface area contributed by atoms with Gasteiger partial charge >= 0.3 is 5.97 Å². The van der Waals surface area contributed by atoms with Crippen molar-refractivity contribution in [2.45, 2.75) is 18.2 Å². The Bertz CT molecular complexity index is 1230. The summed E-state index contributed by atoms with van der Waals surface area (Å²) in [5, 5.41) is 3.07. The van der Waals surface area contributed by atoms with Gasteiger partial charge in [0.2, 0.25) is 11.7 Å². The fourth-order valence-electron chi connectivity index (χ4n) is 3.17. The van der Waals surface area contributed by atoms with Gasteiger partial charge in [0.05, 0.1) is 21.9 Å². The molecule has 0 saturated heterocycles. The van der Waals surface area contributed by atoms with Gasteiger partial charge in [0.15, 0.2) is 11.8 Å². The van der Waals surface area contributed by atoms with Crippen molar-refractivity contribution in [1.82, 2.24) is 5.32 Å². The maximum atomic E-state index is 12.4. The lowest BCUT2D eigenvalue weighted by Crippen LogP contribution is -2.35. The molecule has 3 heterocycles. The first kappa shape index (κ1) is 22.5. The minimum absolute atomic E-state index is 0.0555. The number of ketones is 1. The van der Waals surface area contributed by atoms with Gasteiger partial charge < -0.3 is 15.0 Å². The second-order valence-corrected chi connectivity index (χ2v) is 11.0. The quantitative estimate of drug-likeness (QED) is 0.460. The molecule has 0 radical (unpaired) electrons. The Hall–Kier alpha value is -2.70. The van der Waals surface area contributed by atoms with Crippen LogP contribution < -0.4 is 10.2 Å². The number of sulfonamides is 1. The van der Waals surface area contributed by atoms with Crippen molar-refractivity contribution in [2.24, 2.45) is 4.40 Å². The minimum atomic E-state index is -3.45. The summed E-state index contributed by atoms with van der Waals surface area (Å²) in [5.41, 5.74) is 1.07. The van der Waals surface area contributed by atoms with Gasteiger partial charge in [-0.1, -0.05) is 0 Å². The second kappa shape index (κ2) is 9.04. The van der Waals surface area contributed by atoms with Crippen LogP contribution in [0, 0.1) is 0 Å². The summed E-state index contributed by atoms with van der Waals surface area (Å²) in [6.45, 7) is 1.87. The van der Waals surface area contributed by atoms with Crippen LogP contribution in [-0.4, -0.2) is 56.7 Å². The van der Waals surface area contributed by atoms with E-state index in [1.54, 1.807) is 29.2 Å². The summed E-state index contributed by atoms with van der Waals surface area (Å²) in [6.07, 6.45) is 0.619. The molecule has 12 heteroatoms. The van der Waals surface area contributed by atoms with Gasteiger partial charge in [-0.15, -0.1) is 15.7 Å². The molecule has 1 N–H and O–H groups in total. The maximum absolute atomic E-state index is 12.4. The molecule has 0 saturated carbocycles. The van der Waals surface area contributed by atoms with E-state index in [9.17, 15) is 22.8 Å². The number of amidine groups is 1. The van der Waals surface area contributed by atoms with Crippen molar-refractivity contribution in [2.75, 3.05) is 30.3 Å². The molecular weight excluding hydrogens is 474 g/mol. The number of rotatable bonds is 7. The zero-order chi connectivity index (χ0) is 22.9. The fourth-order valence-corrected chi connectivity index (χ4v) is 6.39. The summed E-state index contributed by atoms with van der Waals surface area (Å²) >= 11 is 2.49. The molecule has 4 rings (SSSR count). The number of hydrogen-bond acceptors (Lipinski definition) is 9. The van der Waals surface area contributed by atoms with Crippen LogP contribution in [0.4, 0.5) is 5.69 Å². The van der Waals surface area contributed by atoms with Crippen molar-refractivity contribution in [3.63, 3.8) is 0 Å². The lowest BCUT2D eigenvalue weighted by atomic mass is 10.2. The standard InChI is InChI=1S/C20H19N3O6S3/c1-12(24)21-7-6-14-3-5-17(30-14)16(25)11-29-19(26)13-2-4-15-18(10-13)31-20-22-32(27,28)9-8-23(15)20/h2-5,10H,6-9,11H2,1H3,(H,21,24). The van der Waals surface area contributed by atoms with Gasteiger partial charge in [-0.2, -0.15) is 0 Å². The maximum Gasteiger partial charge on any atom is 0.338 e. The molecule has 2 aromatic rings. The number of Topliss-reactive ketones (excluding diaryl/α,β-unsaturated/α-hetero) is 1. The second-order valence-electron chi connectivity index (χ2n) is 7.09. The first-order valence-corrected chi connectivity index (χ1v) is 12.9. The minimum Gasteiger partial charge on any atom is -0.454 e. The molecule has 0 bridgehead atoms. The Balaban J connectivity index is 1.35. The highest BCUT2D eigenvalue weighted by Gasteiger charge is 2.33. The van der Waals surface area contributed by atoms with Crippen LogP contribution in [0.15, 0.2) is 39.6 Å². The van der Waals surface area contributed by atoms with Gasteiger partial charge in [-0.3, -0.25) is 9.59 Å². The molecule has 168 valence electrons. The smallest absolute Gasteiger partial charge is 0.338 e. The van der Waals surface area contributed by atoms with Crippen molar-refractivity contribution < 1.29 is 27.5 Å². The third-order valence-corrected chi connectivity index (χ3v) is 8.22. The van der Waals surface area contributed by atoms with E-state index < -0.39 is 16.0 Å². The number of thiophene rings is 1. The third-order valence-electron chi connectivity index (χ3n) is 4.72. The Labute approximate surface area is 192 Å². The molecule has 0 fully saturated rings. The largest absolute Gasteiger partial charge is 0.454 e. The molecule has 9 nitrogen and oxygen atoms in total. The van der Waals surface area contributed by atoms with E-state index in [2.05, 4.69) is 9.71 Å². The molecule has 0 atom stereocenters. The molecule has 0 spiro atoms. The Morgan fingerprint density at radius 2 is 2.03 bits per heavy atom. The number of ether oxygens (including phenoxy) is 1. The van der Waals surface area contributed by atoms with Crippen LogP contribution in [0.25, 0.3) is 0 Å². The highest BCUT2D eigenvalue weighted by atomic mass is 32.2. The Morgan fingerprint density at radius 3 is 2.81 bits per heavy atom. The fraction of sp³-hybridized carbons (Fsp3) is 0.300. The highest BCUT2D eigenvalue weighted by molar-refractivity contribution is 8.15. The van der Waals surface area contributed by atoms with Crippen LogP contribution >= 0.6 is 23.1 Å². The average Bonchev–Trinajstić information content (AvgIpc) is 3.34. The molecule has 1 aromatic carbocycles. The molecule has 1 aromatic heterocycles. The van der Waals surface area contributed by atoms with E-state index in [-0.39, 0.29) is 29.6 Å². The number of benzene rings is 1. The molecule has 2 aliphatic rings. The molecule has 0 aliphatic carbocycles. The SMILES string of the molecule is CC(=O)NCCc1ccc(C(=O)COC(=O)c2ccc3c(c2)SC2=NS(=O)(=O)CCN23)s1. The van der Waals surface area contributed by atoms with E-state index >= 15 is 0 Å². The van der Waals surface area contributed by atoms with Crippen molar-refractivity contribution in [1.29, 1.82) is 0 Å². The number of esters is 1. The van der Waals surface area contributed by atoms with Crippen LogP contribution in [0.2, 0.25) is 0 Å². The average molecular weight is 494 g/mol. The monoisotopic (exact) mass is 493 g/mol.